The summed E-state index contributed by atoms with van der Waals surface area (Å²) in [6, 6.07) is 5.78. The second kappa shape index (κ2) is 7.42. The molecule has 3 saturated heterocycles. The number of rotatable bonds is 1. The first kappa shape index (κ1) is 18.6. The Morgan fingerprint density at radius 1 is 1.14 bits per heavy atom. The highest BCUT2D eigenvalue weighted by molar-refractivity contribution is 6.31. The van der Waals surface area contributed by atoms with Crippen LogP contribution >= 0.6 is 11.6 Å². The van der Waals surface area contributed by atoms with E-state index >= 15 is 0 Å². The number of amides is 3. The molecule has 8 nitrogen and oxygen atoms in total. The first-order valence-electron chi connectivity index (χ1n) is 10.0. The van der Waals surface area contributed by atoms with E-state index in [4.69, 9.17) is 16.3 Å². The molecule has 0 unspecified atom stereocenters. The number of piperazine rings is 1. The van der Waals surface area contributed by atoms with Crippen molar-refractivity contribution >= 4 is 40.1 Å². The van der Waals surface area contributed by atoms with Crippen molar-refractivity contribution in [1.82, 2.24) is 20.1 Å². The molecule has 29 heavy (non-hydrogen) atoms. The fourth-order valence-electron chi connectivity index (χ4n) is 4.55. The maximum Gasteiger partial charge on any atom is 0.320 e. The molecular formula is C20H24ClN5O3. The number of carbonyl (C=O) groups is 2. The Balaban J connectivity index is 1.22. The van der Waals surface area contributed by atoms with E-state index in [1.807, 2.05) is 34.2 Å². The van der Waals surface area contributed by atoms with Gasteiger partial charge in [0.25, 0.3) is 0 Å². The normalized spacial score (nSPS) is 25.1. The van der Waals surface area contributed by atoms with Gasteiger partial charge in [-0.15, -0.1) is 0 Å². The van der Waals surface area contributed by atoms with E-state index in [-0.39, 0.29) is 30.7 Å². The Labute approximate surface area is 173 Å². The zero-order chi connectivity index (χ0) is 20.0. The van der Waals surface area contributed by atoms with Gasteiger partial charge in [0.15, 0.2) is 0 Å². The third-order valence-electron chi connectivity index (χ3n) is 6.11. The monoisotopic (exact) mass is 417 g/mol. The van der Waals surface area contributed by atoms with E-state index in [1.54, 1.807) is 0 Å². The number of ether oxygens (including phenoxy) is 1. The van der Waals surface area contributed by atoms with Gasteiger partial charge in [-0.1, -0.05) is 11.6 Å². The Kier molecular flexibility index (Phi) is 4.75. The zero-order valence-corrected chi connectivity index (χ0v) is 16.8. The number of aromatic amines is 1. The van der Waals surface area contributed by atoms with Crippen molar-refractivity contribution in [2.45, 2.75) is 18.6 Å². The molecule has 2 atom stereocenters. The summed E-state index contributed by atoms with van der Waals surface area (Å²) in [7, 11) is 0. The van der Waals surface area contributed by atoms with E-state index in [9.17, 15) is 9.59 Å². The Morgan fingerprint density at radius 2 is 1.97 bits per heavy atom. The van der Waals surface area contributed by atoms with Crippen molar-refractivity contribution in [1.29, 1.82) is 0 Å². The summed E-state index contributed by atoms with van der Waals surface area (Å²) in [5, 5.41) is 4.78. The molecule has 2 aromatic rings. The maximum absolute atomic E-state index is 13.0. The largest absolute Gasteiger partial charge is 0.366 e. The SMILES string of the molecule is O=C1CO[C@H]2CCN(C(=O)N3CCN(c4c[nH]c5ccc(Cl)cc45)CC3)C[C@H]2N1. The van der Waals surface area contributed by atoms with Crippen LogP contribution in [0.1, 0.15) is 6.42 Å². The number of hydrogen-bond donors (Lipinski definition) is 2. The van der Waals surface area contributed by atoms with Gasteiger partial charge < -0.3 is 29.7 Å². The van der Waals surface area contributed by atoms with E-state index < -0.39 is 0 Å². The molecule has 3 amide bonds. The molecule has 0 radical (unpaired) electrons. The summed E-state index contributed by atoms with van der Waals surface area (Å²) >= 11 is 6.17. The second-order valence-corrected chi connectivity index (χ2v) is 8.32. The summed E-state index contributed by atoms with van der Waals surface area (Å²) in [5.74, 6) is -0.104. The van der Waals surface area contributed by atoms with Crippen molar-refractivity contribution < 1.29 is 14.3 Å². The van der Waals surface area contributed by atoms with Gasteiger partial charge in [-0.25, -0.2) is 4.79 Å². The van der Waals surface area contributed by atoms with Gasteiger partial charge in [-0.3, -0.25) is 4.79 Å². The summed E-state index contributed by atoms with van der Waals surface area (Å²) in [4.78, 5) is 33.9. The minimum atomic E-state index is -0.105. The second-order valence-electron chi connectivity index (χ2n) is 7.88. The van der Waals surface area contributed by atoms with Crippen molar-refractivity contribution in [3.8, 4) is 0 Å². The Morgan fingerprint density at radius 3 is 2.79 bits per heavy atom. The highest BCUT2D eigenvalue weighted by Gasteiger charge is 2.37. The van der Waals surface area contributed by atoms with Gasteiger partial charge in [0, 0.05) is 61.4 Å². The smallest absolute Gasteiger partial charge is 0.320 e. The van der Waals surface area contributed by atoms with Crippen LogP contribution in [0.3, 0.4) is 0 Å². The third-order valence-corrected chi connectivity index (χ3v) is 6.34. The highest BCUT2D eigenvalue weighted by Crippen LogP contribution is 2.30. The van der Waals surface area contributed by atoms with Crippen molar-refractivity contribution in [2.75, 3.05) is 50.8 Å². The average Bonchev–Trinajstić information content (AvgIpc) is 3.16. The molecule has 5 rings (SSSR count). The van der Waals surface area contributed by atoms with E-state index in [0.717, 1.165) is 36.1 Å². The third kappa shape index (κ3) is 3.51. The Bertz CT molecular complexity index is 939. The van der Waals surface area contributed by atoms with Gasteiger partial charge in [0.1, 0.15) is 6.61 Å². The van der Waals surface area contributed by atoms with Crippen LogP contribution in [0, 0.1) is 0 Å². The lowest BCUT2D eigenvalue weighted by atomic mass is 10.0. The maximum atomic E-state index is 13.0. The number of H-pyrrole nitrogens is 1. The Hall–Kier alpha value is -2.45. The predicted octanol–water partition coefficient (Wildman–Crippen LogP) is 1.65. The molecule has 0 aliphatic carbocycles. The van der Waals surface area contributed by atoms with Crippen molar-refractivity contribution in [2.24, 2.45) is 0 Å². The number of piperidine rings is 1. The van der Waals surface area contributed by atoms with Crippen LogP contribution < -0.4 is 10.2 Å². The minimum Gasteiger partial charge on any atom is -0.366 e. The van der Waals surface area contributed by atoms with Crippen LogP contribution in [0.2, 0.25) is 5.02 Å². The number of urea groups is 1. The number of nitrogens with one attached hydrogen (secondary N) is 2. The number of likely N-dealkylation sites (tertiary alicyclic amines) is 1. The molecule has 1 aromatic heterocycles. The molecule has 154 valence electrons. The van der Waals surface area contributed by atoms with Gasteiger partial charge in [0.2, 0.25) is 5.91 Å². The fourth-order valence-corrected chi connectivity index (χ4v) is 4.72. The number of hydrogen-bond acceptors (Lipinski definition) is 4. The standard InChI is InChI=1S/C20H24ClN5O3/c21-13-1-2-15-14(9-13)17(10-22-15)24-5-7-25(8-6-24)20(28)26-4-3-18-16(11-26)23-19(27)12-29-18/h1-2,9-10,16,18,22H,3-8,11-12H2,(H,23,27)/t16-,18+/m1/s1. The zero-order valence-electron chi connectivity index (χ0n) is 16.1. The number of aromatic nitrogens is 1. The molecule has 0 spiro atoms. The topological polar surface area (TPSA) is 80.9 Å². The number of nitrogens with zero attached hydrogens (tertiary/aromatic N) is 3. The van der Waals surface area contributed by atoms with Crippen LogP contribution in [0.15, 0.2) is 24.4 Å². The van der Waals surface area contributed by atoms with Crippen LogP contribution in [-0.2, 0) is 9.53 Å². The van der Waals surface area contributed by atoms with E-state index in [0.29, 0.717) is 31.2 Å². The summed E-state index contributed by atoms with van der Waals surface area (Å²) in [6.07, 6.45) is 2.78. The van der Waals surface area contributed by atoms with Crippen LogP contribution in [0.25, 0.3) is 10.9 Å². The number of anilines is 1. The van der Waals surface area contributed by atoms with Gasteiger partial charge in [-0.2, -0.15) is 0 Å². The molecule has 3 aliphatic rings. The summed E-state index contributed by atoms with van der Waals surface area (Å²) < 4.78 is 5.58. The summed E-state index contributed by atoms with van der Waals surface area (Å²) in [5.41, 5.74) is 2.18. The number of fused-ring (bicyclic) bond motifs is 2. The highest BCUT2D eigenvalue weighted by atomic mass is 35.5. The van der Waals surface area contributed by atoms with Crippen molar-refractivity contribution in [3.63, 3.8) is 0 Å². The first-order chi connectivity index (χ1) is 14.1. The molecule has 3 fully saturated rings. The van der Waals surface area contributed by atoms with Gasteiger partial charge in [-0.05, 0) is 24.6 Å². The first-order valence-corrected chi connectivity index (χ1v) is 10.4. The number of halogens is 1. The van der Waals surface area contributed by atoms with Crippen LogP contribution in [0.4, 0.5) is 10.5 Å². The van der Waals surface area contributed by atoms with Gasteiger partial charge in [0.05, 0.1) is 17.8 Å². The molecule has 9 heteroatoms. The van der Waals surface area contributed by atoms with Gasteiger partial charge >= 0.3 is 6.03 Å². The minimum absolute atomic E-state index is 0.0160. The lowest BCUT2D eigenvalue weighted by Crippen LogP contribution is -2.63. The van der Waals surface area contributed by atoms with Crippen LogP contribution in [-0.4, -0.2) is 84.7 Å². The number of benzene rings is 1. The lowest BCUT2D eigenvalue weighted by Gasteiger charge is -2.44. The van der Waals surface area contributed by atoms with Crippen molar-refractivity contribution in [3.05, 3.63) is 29.4 Å². The van der Waals surface area contributed by atoms with E-state index in [1.165, 1.54) is 0 Å². The molecule has 3 aliphatic heterocycles. The molecule has 2 N–H and O–H groups in total. The molecule has 4 heterocycles. The number of morpholine rings is 1. The molecule has 0 bridgehead atoms. The van der Waals surface area contributed by atoms with Crippen LogP contribution in [0.5, 0.6) is 0 Å². The quantitative estimate of drug-likeness (QED) is 0.739. The molecule has 1 aromatic carbocycles. The average molecular weight is 418 g/mol. The summed E-state index contributed by atoms with van der Waals surface area (Å²) in [6.45, 7) is 4.17. The molecule has 0 saturated carbocycles. The lowest BCUT2D eigenvalue weighted by molar-refractivity contribution is -0.139. The molecular weight excluding hydrogens is 394 g/mol. The van der Waals surface area contributed by atoms with E-state index in [2.05, 4.69) is 15.2 Å². The predicted molar refractivity (Wildman–Crippen MR) is 110 cm³/mol. The fraction of sp³-hybridized carbons (Fsp3) is 0.500. The number of carbonyl (C=O) groups excluding carboxylic acids is 2.